The lowest BCUT2D eigenvalue weighted by Gasteiger charge is -2.28. The quantitative estimate of drug-likeness (QED) is 0.687. The molecule has 1 atom stereocenters. The van der Waals surface area contributed by atoms with Crippen LogP contribution in [-0.4, -0.2) is 49.9 Å². The first-order chi connectivity index (χ1) is 9.36. The molecule has 1 saturated heterocycles. The average molecular weight is 305 g/mol. The lowest BCUT2D eigenvalue weighted by molar-refractivity contribution is -0.140. The minimum Gasteiger partial charge on any atom is -0.469 e. The number of ketones is 1. The summed E-state index contributed by atoms with van der Waals surface area (Å²) < 4.78 is 30.6. The van der Waals surface area contributed by atoms with Crippen LogP contribution in [0.4, 0.5) is 0 Å². The van der Waals surface area contributed by atoms with E-state index >= 15 is 0 Å². The number of hydrogen-bond acceptors (Lipinski definition) is 5. The number of ether oxygens (including phenoxy) is 1. The van der Waals surface area contributed by atoms with Crippen molar-refractivity contribution in [3.8, 4) is 0 Å². The highest BCUT2D eigenvalue weighted by Crippen LogP contribution is 2.23. The Kier molecular flexibility index (Phi) is 6.61. The molecule has 0 aromatic rings. The zero-order chi connectivity index (χ0) is 15.2. The van der Waals surface area contributed by atoms with Gasteiger partial charge >= 0.3 is 5.97 Å². The molecule has 0 aromatic carbocycles. The number of methoxy groups -OCH3 is 1. The van der Waals surface area contributed by atoms with E-state index in [1.807, 2.05) is 0 Å². The lowest BCUT2D eigenvalue weighted by Crippen LogP contribution is -2.42. The van der Waals surface area contributed by atoms with Crippen LogP contribution in [0.3, 0.4) is 0 Å². The third-order valence-corrected chi connectivity index (χ3v) is 5.41. The van der Waals surface area contributed by atoms with Gasteiger partial charge in [-0.05, 0) is 19.8 Å². The third kappa shape index (κ3) is 5.20. The summed E-state index contributed by atoms with van der Waals surface area (Å²) in [6, 6.07) is -0.266. The molecule has 1 rings (SSSR count). The van der Waals surface area contributed by atoms with Gasteiger partial charge in [-0.2, -0.15) is 4.31 Å². The highest BCUT2D eigenvalue weighted by molar-refractivity contribution is 7.89. The first kappa shape index (κ1) is 17.1. The van der Waals surface area contributed by atoms with Crippen LogP contribution in [0.5, 0.6) is 0 Å². The zero-order valence-electron chi connectivity index (χ0n) is 12.1. The molecule has 0 aromatic heterocycles. The van der Waals surface area contributed by atoms with Gasteiger partial charge in [-0.3, -0.25) is 9.59 Å². The Bertz CT molecular complexity index is 446. The maximum Gasteiger partial charge on any atom is 0.306 e. The summed E-state index contributed by atoms with van der Waals surface area (Å²) in [6.07, 6.45) is 3.50. The van der Waals surface area contributed by atoms with E-state index in [-0.39, 0.29) is 30.4 Å². The Morgan fingerprint density at radius 1 is 1.25 bits per heavy atom. The van der Waals surface area contributed by atoms with Crippen molar-refractivity contribution in [2.45, 2.75) is 51.5 Å². The van der Waals surface area contributed by atoms with Crippen molar-refractivity contribution in [3.63, 3.8) is 0 Å². The molecule has 1 aliphatic heterocycles. The van der Waals surface area contributed by atoms with Gasteiger partial charge in [-0.1, -0.05) is 12.8 Å². The number of carbonyl (C=O) groups is 2. The summed E-state index contributed by atoms with van der Waals surface area (Å²) in [7, 11) is -2.29. The zero-order valence-corrected chi connectivity index (χ0v) is 12.9. The fraction of sp³-hybridized carbons (Fsp3) is 0.846. The number of carbonyl (C=O) groups excluding carboxylic acids is 2. The van der Waals surface area contributed by atoms with E-state index in [4.69, 9.17) is 0 Å². The molecular formula is C13H23NO5S. The maximum atomic E-state index is 12.4. The summed E-state index contributed by atoms with van der Waals surface area (Å²) >= 11 is 0. The fourth-order valence-electron chi connectivity index (χ4n) is 2.48. The highest BCUT2D eigenvalue weighted by Gasteiger charge is 2.31. The summed E-state index contributed by atoms with van der Waals surface area (Å²) in [5.41, 5.74) is 0. The van der Waals surface area contributed by atoms with Gasteiger partial charge in [0.25, 0.3) is 0 Å². The Hall–Kier alpha value is -0.950. The largest absolute Gasteiger partial charge is 0.469 e. The van der Waals surface area contributed by atoms with E-state index in [9.17, 15) is 18.0 Å². The van der Waals surface area contributed by atoms with Crippen molar-refractivity contribution < 1.29 is 22.7 Å². The molecule has 0 amide bonds. The standard InChI is InChI=1S/C13H23NO5S/c1-11(15)10-12-6-4-3-5-8-14(12)20(17,18)9-7-13(16)19-2/h12H,3-10H2,1-2H3. The first-order valence-electron chi connectivity index (χ1n) is 6.92. The second kappa shape index (κ2) is 7.73. The fourth-order valence-corrected chi connectivity index (χ4v) is 4.19. The minimum atomic E-state index is -3.53. The van der Waals surface area contributed by atoms with Gasteiger partial charge in [0.05, 0.1) is 19.3 Å². The van der Waals surface area contributed by atoms with E-state index in [0.29, 0.717) is 13.0 Å². The number of rotatable bonds is 6. The van der Waals surface area contributed by atoms with Crippen LogP contribution in [0, 0.1) is 0 Å². The van der Waals surface area contributed by atoms with Crippen LogP contribution in [0.2, 0.25) is 0 Å². The number of sulfonamides is 1. The van der Waals surface area contributed by atoms with Crippen LogP contribution in [0.25, 0.3) is 0 Å². The highest BCUT2D eigenvalue weighted by atomic mass is 32.2. The molecule has 6 nitrogen and oxygen atoms in total. The molecule has 116 valence electrons. The minimum absolute atomic E-state index is 0.00920. The Morgan fingerprint density at radius 3 is 2.55 bits per heavy atom. The summed E-state index contributed by atoms with van der Waals surface area (Å²) in [5, 5.41) is 0. The molecule has 0 bridgehead atoms. The van der Waals surface area contributed by atoms with Crippen LogP contribution < -0.4 is 0 Å². The predicted molar refractivity (Wildman–Crippen MR) is 74.7 cm³/mol. The molecule has 20 heavy (non-hydrogen) atoms. The summed E-state index contributed by atoms with van der Waals surface area (Å²) in [4.78, 5) is 22.4. The average Bonchev–Trinajstić information content (AvgIpc) is 2.61. The van der Waals surface area contributed by atoms with Crippen LogP contribution in [-0.2, 0) is 24.3 Å². The van der Waals surface area contributed by atoms with Gasteiger partial charge in [0.2, 0.25) is 10.0 Å². The van der Waals surface area contributed by atoms with Crippen molar-refractivity contribution in [1.82, 2.24) is 4.31 Å². The Labute approximate surface area is 120 Å². The van der Waals surface area contributed by atoms with Crippen molar-refractivity contribution in [3.05, 3.63) is 0 Å². The second-order valence-corrected chi connectivity index (χ2v) is 7.20. The van der Waals surface area contributed by atoms with Gasteiger partial charge in [-0.25, -0.2) is 8.42 Å². The topological polar surface area (TPSA) is 80.8 Å². The molecule has 0 aliphatic carbocycles. The molecule has 0 radical (unpaired) electrons. The molecule has 0 spiro atoms. The number of hydrogen-bond donors (Lipinski definition) is 0. The molecular weight excluding hydrogens is 282 g/mol. The molecule has 0 N–H and O–H groups in total. The van der Waals surface area contributed by atoms with E-state index in [2.05, 4.69) is 4.74 Å². The number of nitrogens with zero attached hydrogens (tertiary/aromatic N) is 1. The van der Waals surface area contributed by atoms with Crippen molar-refractivity contribution in [2.75, 3.05) is 19.4 Å². The normalized spacial score (nSPS) is 21.2. The molecule has 7 heteroatoms. The SMILES string of the molecule is COC(=O)CCS(=O)(=O)N1CCCCCC1CC(C)=O. The van der Waals surface area contributed by atoms with Crippen molar-refractivity contribution in [1.29, 1.82) is 0 Å². The summed E-state index contributed by atoms with van der Waals surface area (Å²) in [6.45, 7) is 1.91. The lowest BCUT2D eigenvalue weighted by atomic mass is 10.1. The van der Waals surface area contributed by atoms with Crippen LogP contribution in [0.15, 0.2) is 0 Å². The summed E-state index contributed by atoms with van der Waals surface area (Å²) in [5.74, 6) is -0.801. The molecule has 1 fully saturated rings. The van der Waals surface area contributed by atoms with Gasteiger partial charge in [0, 0.05) is 19.0 Å². The second-order valence-electron chi connectivity index (χ2n) is 5.16. The molecule has 1 aliphatic rings. The van der Waals surface area contributed by atoms with Crippen LogP contribution in [0.1, 0.15) is 45.4 Å². The van der Waals surface area contributed by atoms with Crippen LogP contribution >= 0.6 is 0 Å². The van der Waals surface area contributed by atoms with Crippen molar-refractivity contribution >= 4 is 21.8 Å². The van der Waals surface area contributed by atoms with Crippen molar-refractivity contribution in [2.24, 2.45) is 0 Å². The molecule has 0 saturated carbocycles. The van der Waals surface area contributed by atoms with E-state index in [0.717, 1.165) is 19.3 Å². The van der Waals surface area contributed by atoms with E-state index in [1.165, 1.54) is 18.3 Å². The number of Topliss-reactive ketones (excluding diaryl/α,β-unsaturated/α-hetero) is 1. The molecule has 1 unspecified atom stereocenters. The van der Waals surface area contributed by atoms with Gasteiger partial charge in [0.15, 0.2) is 0 Å². The van der Waals surface area contributed by atoms with E-state index in [1.54, 1.807) is 0 Å². The van der Waals surface area contributed by atoms with Gasteiger partial charge in [0.1, 0.15) is 5.78 Å². The predicted octanol–water partition coefficient (Wildman–Crippen LogP) is 1.10. The smallest absolute Gasteiger partial charge is 0.306 e. The maximum absolute atomic E-state index is 12.4. The van der Waals surface area contributed by atoms with E-state index < -0.39 is 16.0 Å². The first-order valence-corrected chi connectivity index (χ1v) is 8.53. The Balaban J connectivity index is 2.80. The van der Waals surface area contributed by atoms with Gasteiger partial charge in [-0.15, -0.1) is 0 Å². The van der Waals surface area contributed by atoms with Gasteiger partial charge < -0.3 is 4.74 Å². The Morgan fingerprint density at radius 2 is 1.95 bits per heavy atom. The monoisotopic (exact) mass is 305 g/mol. The molecule has 1 heterocycles. The third-order valence-electron chi connectivity index (χ3n) is 3.50. The number of esters is 1.